The van der Waals surface area contributed by atoms with Crippen LogP contribution >= 0.6 is 11.8 Å². The number of aliphatic imine (C=N–C) groups is 3. The number of nitrogens with one attached hydrogen (secondary N) is 7. The standard InChI is InChI=1S/C54H53N13O8S.C2HF3O2/c1-2-74-52(71)46-47(69)45(76-51(46)60-37-7-4-3-5-8-37)28-33-9-18-44(43(68)27-33)75-26-6-25-67-32-40(65-66-67)19-20-59-50(70)36-29-41(63-53(72)61-38-14-10-34(11-15-38)48-55-21-22-56-48)31-42(30-36)64-54(73)62-39-16-12-35(13-17-39)49-57-23-24-58-49;3-2(4,5)1(6)7/h3-5,7-18,27-32,68-69H,2,6,19-26H2,1H3,(H,55,56)(H,57,58)(H,59,70)(H2,61,63,72)(H2,62,64,73);(H,6,7)/b45-28-,60-51?;. The molecule has 0 unspecified atom stereocenters. The Balaban J connectivity index is 0.00000121. The van der Waals surface area contributed by atoms with Crippen LogP contribution in [0.15, 0.2) is 153 Å². The van der Waals surface area contributed by atoms with Gasteiger partial charge >= 0.3 is 30.2 Å². The van der Waals surface area contributed by atoms with Crippen molar-refractivity contribution in [3.05, 3.63) is 166 Å². The number of ether oxygens (including phenoxy) is 2. The van der Waals surface area contributed by atoms with Gasteiger partial charge in [-0.2, -0.15) is 13.2 Å². The molecule has 0 radical (unpaired) electrons. The molecule has 27 heteroatoms. The molecule has 3 aliphatic rings. The molecule has 5 aromatic carbocycles. The third kappa shape index (κ3) is 16.9. The molecule has 0 bridgehead atoms. The van der Waals surface area contributed by atoms with E-state index in [0.717, 1.165) is 47.6 Å². The predicted octanol–water partition coefficient (Wildman–Crippen LogP) is 8.24. The molecule has 6 aromatic rings. The van der Waals surface area contributed by atoms with Crippen LogP contribution in [0.1, 0.15) is 46.1 Å². The molecule has 0 fully saturated rings. The molecule has 23 nitrogen and oxygen atoms in total. The number of hydrogen-bond acceptors (Lipinski definition) is 17. The molecular weight excluding hydrogens is 1100 g/mol. The van der Waals surface area contributed by atoms with Crippen molar-refractivity contribution >= 4 is 92.9 Å². The van der Waals surface area contributed by atoms with E-state index < -0.39 is 36.1 Å². The number of thioether (sulfide) groups is 1. The number of carboxylic acid groups (broad SMARTS) is 1. The number of carbonyl (C=O) groups is 5. The second-order valence-corrected chi connectivity index (χ2v) is 19.0. The number of amidine groups is 2. The van der Waals surface area contributed by atoms with E-state index in [9.17, 15) is 42.6 Å². The minimum Gasteiger partial charge on any atom is -0.506 e. The molecule has 0 saturated carbocycles. The van der Waals surface area contributed by atoms with E-state index in [0.29, 0.717) is 70.7 Å². The molecule has 430 valence electrons. The third-order valence-electron chi connectivity index (χ3n) is 11.8. The minimum absolute atomic E-state index is 0.0285. The maximum Gasteiger partial charge on any atom is 0.490 e. The molecule has 5 amide bonds. The van der Waals surface area contributed by atoms with E-state index in [1.807, 2.05) is 42.5 Å². The number of esters is 1. The van der Waals surface area contributed by atoms with Gasteiger partial charge in [-0.05, 0) is 110 Å². The summed E-state index contributed by atoms with van der Waals surface area (Å²) in [6.07, 6.45) is -0.796. The Bertz CT molecular complexity index is 3420. The minimum atomic E-state index is -5.08. The summed E-state index contributed by atoms with van der Waals surface area (Å²) in [5.74, 6) is -2.42. The summed E-state index contributed by atoms with van der Waals surface area (Å²) >= 11 is 1.12. The molecule has 10 N–H and O–H groups in total. The number of aromatic hydroxyl groups is 1. The zero-order chi connectivity index (χ0) is 58.9. The molecule has 3 aliphatic heterocycles. The highest BCUT2D eigenvalue weighted by molar-refractivity contribution is 8.18. The van der Waals surface area contributed by atoms with Gasteiger partial charge < -0.3 is 62.0 Å². The number of carboxylic acids is 1. The van der Waals surface area contributed by atoms with Gasteiger partial charge in [-0.25, -0.2) is 24.2 Å². The van der Waals surface area contributed by atoms with Gasteiger partial charge in [0.15, 0.2) is 11.5 Å². The summed E-state index contributed by atoms with van der Waals surface area (Å²) in [6, 6.07) is 31.8. The van der Waals surface area contributed by atoms with Crippen LogP contribution in [0.25, 0.3) is 6.08 Å². The number of aryl methyl sites for hydroxylation is 1. The number of halogens is 3. The first-order chi connectivity index (χ1) is 40.0. The van der Waals surface area contributed by atoms with E-state index in [1.165, 1.54) is 18.2 Å². The Labute approximate surface area is 475 Å². The molecule has 4 heterocycles. The van der Waals surface area contributed by atoms with Gasteiger partial charge in [0.1, 0.15) is 28.0 Å². The van der Waals surface area contributed by atoms with Gasteiger partial charge in [0, 0.05) is 84.7 Å². The second-order valence-electron chi connectivity index (χ2n) is 17.9. The summed E-state index contributed by atoms with van der Waals surface area (Å²) in [4.78, 5) is 75.5. The molecule has 0 saturated heterocycles. The number of benzene rings is 5. The monoisotopic (exact) mass is 1160 g/mol. The molecule has 0 aliphatic carbocycles. The van der Waals surface area contributed by atoms with Crippen LogP contribution in [-0.4, -0.2) is 129 Å². The van der Waals surface area contributed by atoms with E-state index in [2.05, 4.69) is 62.5 Å². The summed E-state index contributed by atoms with van der Waals surface area (Å²) < 4.78 is 44.5. The summed E-state index contributed by atoms with van der Waals surface area (Å²) in [6.45, 7) is 5.67. The van der Waals surface area contributed by atoms with Crippen molar-refractivity contribution in [2.24, 2.45) is 15.0 Å². The summed E-state index contributed by atoms with van der Waals surface area (Å²) in [5, 5.41) is 58.3. The molecule has 1 aromatic heterocycles. The Hall–Kier alpha value is -10.2. The Kier molecular flexibility index (Phi) is 19.7. The van der Waals surface area contributed by atoms with E-state index in [1.54, 1.807) is 78.5 Å². The number of amides is 5. The number of anilines is 4. The lowest BCUT2D eigenvalue weighted by atomic mass is 10.1. The van der Waals surface area contributed by atoms with Crippen LogP contribution in [0.3, 0.4) is 0 Å². The van der Waals surface area contributed by atoms with Gasteiger partial charge in [0.05, 0.1) is 42.6 Å². The molecule has 83 heavy (non-hydrogen) atoms. The number of alkyl halides is 3. The first kappa shape index (κ1) is 59.0. The normalized spacial score (nSPS) is 14.6. The molecule has 0 atom stereocenters. The van der Waals surface area contributed by atoms with Crippen molar-refractivity contribution in [2.45, 2.75) is 32.5 Å². The van der Waals surface area contributed by atoms with E-state index >= 15 is 0 Å². The number of phenolic OH excluding ortho intramolecular Hbond substituents is 1. The number of nitrogens with zero attached hydrogens (tertiary/aromatic N) is 6. The van der Waals surface area contributed by atoms with Crippen molar-refractivity contribution < 1.29 is 61.9 Å². The molecule has 0 spiro atoms. The topological polar surface area (TPSA) is 316 Å². The zero-order valence-corrected chi connectivity index (χ0v) is 44.9. The highest BCUT2D eigenvalue weighted by atomic mass is 32.2. The van der Waals surface area contributed by atoms with Gasteiger partial charge in [-0.1, -0.05) is 41.2 Å². The number of aromatic nitrogens is 3. The van der Waals surface area contributed by atoms with Crippen molar-refractivity contribution in [2.75, 3.05) is 67.2 Å². The number of phenols is 1. The van der Waals surface area contributed by atoms with Crippen molar-refractivity contribution in [3.63, 3.8) is 0 Å². The van der Waals surface area contributed by atoms with Crippen LogP contribution in [0, 0.1) is 0 Å². The van der Waals surface area contributed by atoms with E-state index in [-0.39, 0.29) is 59.5 Å². The number of aliphatic carboxylic acids is 1. The molecule has 9 rings (SSSR count). The highest BCUT2D eigenvalue weighted by Gasteiger charge is 2.38. The predicted molar refractivity (Wildman–Crippen MR) is 307 cm³/mol. The lowest BCUT2D eigenvalue weighted by Gasteiger charge is -2.14. The van der Waals surface area contributed by atoms with Crippen LogP contribution < -0.4 is 42.0 Å². The highest BCUT2D eigenvalue weighted by Crippen LogP contribution is 2.41. The van der Waals surface area contributed by atoms with Gasteiger partial charge in [-0.15, -0.1) is 5.10 Å². The van der Waals surface area contributed by atoms with Gasteiger partial charge in [0.2, 0.25) is 0 Å². The van der Waals surface area contributed by atoms with Crippen LogP contribution in [0.5, 0.6) is 11.5 Å². The Morgan fingerprint density at radius 3 is 1.92 bits per heavy atom. The van der Waals surface area contributed by atoms with Gasteiger partial charge in [-0.3, -0.25) is 19.5 Å². The first-order valence-corrected chi connectivity index (χ1v) is 26.5. The maximum atomic E-state index is 13.6. The smallest absolute Gasteiger partial charge is 0.490 e. The van der Waals surface area contributed by atoms with Crippen LogP contribution in [0.4, 0.5) is 51.2 Å². The number of aliphatic hydroxyl groups is 1. The fourth-order valence-corrected chi connectivity index (χ4v) is 9.02. The number of hydrogen-bond donors (Lipinski definition) is 10. The number of para-hydroxylation sites is 1. The number of rotatable bonds is 19. The fourth-order valence-electron chi connectivity index (χ4n) is 7.98. The Morgan fingerprint density at radius 1 is 0.783 bits per heavy atom. The van der Waals surface area contributed by atoms with Crippen molar-refractivity contribution in [1.29, 1.82) is 0 Å². The zero-order valence-electron chi connectivity index (χ0n) is 44.1. The fraction of sp³-hybridized carbons (Fsp3) is 0.214. The van der Waals surface area contributed by atoms with Crippen LogP contribution in [-0.2, 0) is 27.3 Å². The van der Waals surface area contributed by atoms with E-state index in [4.69, 9.17) is 19.4 Å². The van der Waals surface area contributed by atoms with Crippen molar-refractivity contribution in [3.8, 4) is 11.5 Å². The quantitative estimate of drug-likeness (QED) is 0.0270. The van der Waals surface area contributed by atoms with Gasteiger partial charge in [0.25, 0.3) is 5.91 Å². The lowest BCUT2D eigenvalue weighted by molar-refractivity contribution is -0.192. The largest absolute Gasteiger partial charge is 0.506 e. The molecular formula is C56H54F3N13O10S. The number of aliphatic hydroxyl groups excluding tert-OH is 1. The number of urea groups is 2. The van der Waals surface area contributed by atoms with Crippen LogP contribution in [0.2, 0.25) is 0 Å². The Morgan fingerprint density at radius 2 is 1.37 bits per heavy atom. The number of carbonyl (C=O) groups excluding carboxylic acids is 4. The second kappa shape index (κ2) is 27.8. The van der Waals surface area contributed by atoms with Crippen molar-refractivity contribution in [1.82, 2.24) is 30.9 Å². The average molecular weight is 1160 g/mol. The SMILES string of the molecule is CCOC(=O)C1=C(O)/C(=C/c2ccc(OCCCn3cc(CCNC(=O)c4cc(NC(=O)Nc5ccc(C6=NCCN6)cc5)cc(NC(=O)Nc5ccc(C6=NCCN6)cc5)c4)nn3)c(O)c2)SC1=Nc1ccccc1.O=C(O)C(F)(F)F. The average Bonchev–Trinajstić information content (AvgIpc) is 4.52. The summed E-state index contributed by atoms with van der Waals surface area (Å²) in [5.41, 5.74) is 5.32. The maximum absolute atomic E-state index is 13.6. The first-order valence-electron chi connectivity index (χ1n) is 25.6. The lowest BCUT2D eigenvalue weighted by Crippen LogP contribution is -2.27. The summed E-state index contributed by atoms with van der Waals surface area (Å²) in [7, 11) is 0. The third-order valence-corrected chi connectivity index (χ3v) is 12.8.